The van der Waals surface area contributed by atoms with Crippen molar-refractivity contribution in [1.29, 1.82) is 0 Å². The smallest absolute Gasteiger partial charge is 0.410 e. The summed E-state index contributed by atoms with van der Waals surface area (Å²) in [5.74, 6) is -1.08. The van der Waals surface area contributed by atoms with Gasteiger partial charge in [-0.05, 0) is 64.4 Å². The van der Waals surface area contributed by atoms with E-state index in [1.54, 1.807) is 30.6 Å². The molecule has 2 atom stereocenters. The first kappa shape index (κ1) is 33.7. The van der Waals surface area contributed by atoms with Gasteiger partial charge in [-0.25, -0.2) is 9.59 Å². The zero-order chi connectivity index (χ0) is 31.4. The minimum atomic E-state index is -1.01. The molecule has 0 unspecified atom stereocenters. The van der Waals surface area contributed by atoms with E-state index < -0.39 is 29.7 Å². The van der Waals surface area contributed by atoms with Crippen LogP contribution in [0.5, 0.6) is 0 Å². The van der Waals surface area contributed by atoms with Crippen LogP contribution in [-0.4, -0.2) is 84.8 Å². The van der Waals surface area contributed by atoms with E-state index in [0.29, 0.717) is 44.8 Å². The number of likely N-dealkylation sites (tertiary alicyclic amines) is 2. The van der Waals surface area contributed by atoms with Crippen molar-refractivity contribution in [3.63, 3.8) is 0 Å². The number of nitrogens with one attached hydrogen (secondary N) is 2. The van der Waals surface area contributed by atoms with Gasteiger partial charge in [-0.15, -0.1) is 0 Å². The van der Waals surface area contributed by atoms with Crippen LogP contribution in [0.15, 0.2) is 30.3 Å². The summed E-state index contributed by atoms with van der Waals surface area (Å²) < 4.78 is 15.4. The molecule has 0 radical (unpaired) electrons. The lowest BCUT2D eigenvalue weighted by molar-refractivity contribution is -0.141. The average Bonchev–Trinajstić information content (AvgIpc) is 2.98. The third kappa shape index (κ3) is 11.8. The minimum absolute atomic E-state index is 0.000177. The van der Waals surface area contributed by atoms with Crippen LogP contribution >= 0.6 is 0 Å². The molecule has 2 N–H and O–H groups in total. The summed E-state index contributed by atoms with van der Waals surface area (Å²) in [7, 11) is 1.23. The van der Waals surface area contributed by atoms with Crippen molar-refractivity contribution in [2.75, 3.05) is 33.3 Å². The molecule has 2 saturated heterocycles. The normalized spacial score (nSPS) is 18.3. The van der Waals surface area contributed by atoms with Gasteiger partial charge in [0.1, 0.15) is 18.4 Å². The molecule has 12 nitrogen and oxygen atoms in total. The van der Waals surface area contributed by atoms with E-state index >= 15 is 0 Å². The highest BCUT2D eigenvalue weighted by atomic mass is 16.6. The number of esters is 1. The molecule has 43 heavy (non-hydrogen) atoms. The molecule has 1 aromatic rings. The largest absolute Gasteiger partial charge is 0.469 e. The van der Waals surface area contributed by atoms with E-state index in [-0.39, 0.29) is 37.5 Å². The first-order valence-electron chi connectivity index (χ1n) is 15.0. The number of rotatable bonds is 10. The van der Waals surface area contributed by atoms with Gasteiger partial charge >= 0.3 is 18.2 Å². The molecular formula is C31H46N4O8. The van der Waals surface area contributed by atoms with Crippen LogP contribution in [-0.2, 0) is 35.2 Å². The Morgan fingerprint density at radius 1 is 0.953 bits per heavy atom. The third-order valence-corrected chi connectivity index (χ3v) is 7.60. The fraction of sp³-hybridized carbons (Fsp3) is 0.645. The van der Waals surface area contributed by atoms with Gasteiger partial charge in [0.15, 0.2) is 0 Å². The summed E-state index contributed by atoms with van der Waals surface area (Å²) in [6, 6.07) is 9.56. The van der Waals surface area contributed by atoms with E-state index in [2.05, 4.69) is 10.6 Å². The van der Waals surface area contributed by atoms with E-state index in [1.165, 1.54) is 7.11 Å². The number of benzene rings is 1. The summed E-state index contributed by atoms with van der Waals surface area (Å²) >= 11 is 0. The Hall–Kier alpha value is -3.83. The predicted octanol–water partition coefficient (Wildman–Crippen LogP) is 3.58. The second-order valence-corrected chi connectivity index (χ2v) is 12.2. The fourth-order valence-electron chi connectivity index (χ4n) is 5.25. The Labute approximate surface area is 253 Å². The highest BCUT2D eigenvalue weighted by Crippen LogP contribution is 2.24. The van der Waals surface area contributed by atoms with Gasteiger partial charge in [0.05, 0.1) is 19.4 Å². The second kappa shape index (κ2) is 16.1. The van der Waals surface area contributed by atoms with Gasteiger partial charge in [-0.1, -0.05) is 30.3 Å². The van der Waals surface area contributed by atoms with Gasteiger partial charge < -0.3 is 34.6 Å². The van der Waals surface area contributed by atoms with Gasteiger partial charge in [0.2, 0.25) is 11.8 Å². The van der Waals surface area contributed by atoms with Gasteiger partial charge in [-0.3, -0.25) is 14.4 Å². The number of hydrogen-bond donors (Lipinski definition) is 2. The maximum Gasteiger partial charge on any atom is 0.410 e. The van der Waals surface area contributed by atoms with E-state index in [9.17, 15) is 24.0 Å². The van der Waals surface area contributed by atoms with Crippen LogP contribution in [0.2, 0.25) is 0 Å². The molecule has 4 amide bonds. The van der Waals surface area contributed by atoms with E-state index in [0.717, 1.165) is 24.8 Å². The number of hydrogen-bond acceptors (Lipinski definition) is 8. The summed E-state index contributed by atoms with van der Waals surface area (Å²) in [4.78, 5) is 66.2. The molecule has 0 aromatic heterocycles. The molecule has 2 aliphatic heterocycles. The molecule has 1 aromatic carbocycles. The number of piperidine rings is 2. The molecule has 3 rings (SSSR count). The van der Waals surface area contributed by atoms with E-state index in [1.807, 2.05) is 30.3 Å². The zero-order valence-corrected chi connectivity index (χ0v) is 25.8. The Balaban J connectivity index is 1.41. The Kier molecular flexibility index (Phi) is 12.6. The Bertz CT molecular complexity index is 1100. The van der Waals surface area contributed by atoms with Crippen LogP contribution < -0.4 is 10.6 Å². The minimum Gasteiger partial charge on any atom is -0.469 e. The highest BCUT2D eigenvalue weighted by molar-refractivity contribution is 5.83. The number of carbonyl (C=O) groups is 5. The molecule has 2 fully saturated rings. The van der Waals surface area contributed by atoms with Gasteiger partial charge in [0.25, 0.3) is 0 Å². The lowest BCUT2D eigenvalue weighted by Crippen LogP contribution is -2.54. The number of nitrogens with zero attached hydrogens (tertiary/aromatic N) is 2. The maximum absolute atomic E-state index is 13.1. The Morgan fingerprint density at radius 3 is 2.30 bits per heavy atom. The molecule has 238 valence electrons. The van der Waals surface area contributed by atoms with Crippen LogP contribution in [0.25, 0.3) is 0 Å². The fourth-order valence-corrected chi connectivity index (χ4v) is 5.25. The lowest BCUT2D eigenvalue weighted by atomic mass is 9.91. The SMILES string of the molecule is COC(=O)C[C@@H](NC(=O)OC(C)(C)C)NC(=O)[C@@H]1CCCN(C(=O)CCC2CCN(C(=O)OCc3ccccc3)CC2)C1. The highest BCUT2D eigenvalue weighted by Gasteiger charge is 2.32. The molecular weight excluding hydrogens is 556 g/mol. The standard InChI is InChI=1S/C31H46N4O8/c1-31(2,3)43-29(39)33-25(19-27(37)41-4)32-28(38)24-11-8-16-35(20-24)26(36)13-12-22-14-17-34(18-15-22)30(40)42-21-23-9-6-5-7-10-23/h5-7,9-10,22,24-25H,8,11-21H2,1-4H3,(H,32,38)(H,33,39)/t24-,25-/m1/s1. The van der Waals surface area contributed by atoms with Crippen LogP contribution in [0, 0.1) is 11.8 Å². The first-order valence-corrected chi connectivity index (χ1v) is 15.0. The molecule has 0 aliphatic carbocycles. The van der Waals surface area contributed by atoms with Crippen molar-refractivity contribution < 1.29 is 38.2 Å². The van der Waals surface area contributed by atoms with Crippen molar-refractivity contribution in [2.24, 2.45) is 11.8 Å². The number of ether oxygens (including phenoxy) is 3. The van der Waals surface area contributed by atoms with E-state index in [4.69, 9.17) is 14.2 Å². The quantitative estimate of drug-likeness (QED) is 0.235. The summed E-state index contributed by atoms with van der Waals surface area (Å²) in [5, 5.41) is 5.23. The molecule has 2 heterocycles. The molecule has 2 aliphatic rings. The summed E-state index contributed by atoms with van der Waals surface area (Å²) in [5.41, 5.74) is 0.194. The summed E-state index contributed by atoms with van der Waals surface area (Å²) in [6.07, 6.45) is 1.63. The van der Waals surface area contributed by atoms with Crippen molar-refractivity contribution >= 4 is 30.0 Å². The van der Waals surface area contributed by atoms with Crippen LogP contribution in [0.1, 0.15) is 71.3 Å². The predicted molar refractivity (Wildman–Crippen MR) is 157 cm³/mol. The third-order valence-electron chi connectivity index (χ3n) is 7.60. The molecule has 0 saturated carbocycles. The van der Waals surface area contributed by atoms with Crippen molar-refractivity contribution in [2.45, 2.75) is 84.1 Å². The molecule has 0 spiro atoms. The topological polar surface area (TPSA) is 144 Å². The number of amides is 4. The van der Waals surface area contributed by atoms with Crippen molar-refractivity contribution in [3.05, 3.63) is 35.9 Å². The number of carbonyl (C=O) groups excluding carboxylic acids is 5. The van der Waals surface area contributed by atoms with Crippen molar-refractivity contribution in [3.8, 4) is 0 Å². The summed E-state index contributed by atoms with van der Waals surface area (Å²) in [6.45, 7) is 7.42. The first-order chi connectivity index (χ1) is 20.4. The number of alkyl carbamates (subject to hydrolysis) is 1. The second-order valence-electron chi connectivity index (χ2n) is 12.2. The maximum atomic E-state index is 13.1. The monoisotopic (exact) mass is 602 g/mol. The van der Waals surface area contributed by atoms with Crippen molar-refractivity contribution in [1.82, 2.24) is 20.4 Å². The lowest BCUT2D eigenvalue weighted by Gasteiger charge is -2.34. The average molecular weight is 603 g/mol. The number of methoxy groups -OCH3 is 1. The Morgan fingerprint density at radius 2 is 1.65 bits per heavy atom. The van der Waals surface area contributed by atoms with Crippen LogP contribution in [0.4, 0.5) is 9.59 Å². The molecule has 12 heteroatoms. The van der Waals surface area contributed by atoms with Crippen LogP contribution in [0.3, 0.4) is 0 Å². The van der Waals surface area contributed by atoms with Gasteiger partial charge in [0, 0.05) is 32.6 Å². The van der Waals surface area contributed by atoms with Gasteiger partial charge in [-0.2, -0.15) is 0 Å². The zero-order valence-electron chi connectivity index (χ0n) is 25.8. The molecule has 0 bridgehead atoms.